The normalized spacial score (nSPS) is 12.7. The molecule has 3 aromatic carbocycles. The fourth-order valence-corrected chi connectivity index (χ4v) is 4.21. The first kappa shape index (κ1) is 25.9. The molecule has 7 heteroatoms. The Balaban J connectivity index is 1.86. The van der Waals surface area contributed by atoms with Crippen LogP contribution in [0.1, 0.15) is 39.2 Å². The van der Waals surface area contributed by atoms with E-state index in [1.807, 2.05) is 63.2 Å². The molecule has 0 aliphatic rings. The Morgan fingerprint density at radius 3 is 2.44 bits per heavy atom. The van der Waals surface area contributed by atoms with Crippen LogP contribution in [-0.4, -0.2) is 35.4 Å². The lowest BCUT2D eigenvalue weighted by Crippen LogP contribution is -2.51. The van der Waals surface area contributed by atoms with Crippen molar-refractivity contribution in [1.82, 2.24) is 10.2 Å². The molecule has 0 aromatic heterocycles. The van der Waals surface area contributed by atoms with Crippen molar-refractivity contribution in [1.29, 1.82) is 0 Å². The van der Waals surface area contributed by atoms with Crippen LogP contribution in [0.3, 0.4) is 0 Å². The van der Waals surface area contributed by atoms with E-state index in [9.17, 15) is 9.59 Å². The standard InChI is InChI=1S/C27H30Cl2N2O3/c1-4-18(3)30-27(33)24(5-2)31(16-20-13-14-21(28)15-23(20)29)26(32)17-34-25-12-8-10-19-9-6-7-11-22(19)25/h6-15,18,24H,4-5,16-17H2,1-3H3,(H,30,33)/t18-,24+/m0/s1. The minimum atomic E-state index is -0.663. The molecule has 2 atom stereocenters. The lowest BCUT2D eigenvalue weighted by Gasteiger charge is -2.31. The molecule has 180 valence electrons. The van der Waals surface area contributed by atoms with Gasteiger partial charge in [0.1, 0.15) is 11.8 Å². The summed E-state index contributed by atoms with van der Waals surface area (Å²) in [7, 11) is 0. The molecule has 0 spiro atoms. The highest BCUT2D eigenvalue weighted by Crippen LogP contribution is 2.26. The zero-order valence-corrected chi connectivity index (χ0v) is 21.2. The van der Waals surface area contributed by atoms with Crippen LogP contribution in [0, 0.1) is 0 Å². The second-order valence-electron chi connectivity index (χ2n) is 8.27. The highest BCUT2D eigenvalue weighted by atomic mass is 35.5. The maximum Gasteiger partial charge on any atom is 0.261 e. The van der Waals surface area contributed by atoms with Gasteiger partial charge in [-0.3, -0.25) is 9.59 Å². The summed E-state index contributed by atoms with van der Waals surface area (Å²) in [5, 5.41) is 5.89. The molecule has 34 heavy (non-hydrogen) atoms. The van der Waals surface area contributed by atoms with Gasteiger partial charge in [-0.05, 0) is 48.9 Å². The van der Waals surface area contributed by atoms with Crippen LogP contribution < -0.4 is 10.1 Å². The van der Waals surface area contributed by atoms with Crippen molar-refractivity contribution < 1.29 is 14.3 Å². The van der Waals surface area contributed by atoms with Gasteiger partial charge in [0.25, 0.3) is 5.91 Å². The Kier molecular flexibility index (Phi) is 9.20. The highest BCUT2D eigenvalue weighted by Gasteiger charge is 2.30. The van der Waals surface area contributed by atoms with Gasteiger partial charge in [-0.25, -0.2) is 0 Å². The molecule has 0 aliphatic carbocycles. The summed E-state index contributed by atoms with van der Waals surface area (Å²) in [5.41, 5.74) is 0.708. The summed E-state index contributed by atoms with van der Waals surface area (Å²) in [6.07, 6.45) is 1.25. The zero-order chi connectivity index (χ0) is 24.7. The number of carbonyl (C=O) groups excluding carboxylic acids is 2. The van der Waals surface area contributed by atoms with Gasteiger partial charge >= 0.3 is 0 Å². The average Bonchev–Trinajstić information content (AvgIpc) is 2.83. The van der Waals surface area contributed by atoms with Gasteiger partial charge in [0.15, 0.2) is 6.61 Å². The van der Waals surface area contributed by atoms with E-state index in [0.717, 1.165) is 17.2 Å². The smallest absolute Gasteiger partial charge is 0.261 e. The second-order valence-corrected chi connectivity index (χ2v) is 9.11. The number of nitrogens with zero attached hydrogens (tertiary/aromatic N) is 1. The number of benzene rings is 3. The maximum absolute atomic E-state index is 13.4. The summed E-state index contributed by atoms with van der Waals surface area (Å²) in [6.45, 7) is 5.79. The van der Waals surface area contributed by atoms with Gasteiger partial charge in [0, 0.05) is 28.0 Å². The van der Waals surface area contributed by atoms with Gasteiger partial charge in [-0.15, -0.1) is 0 Å². The van der Waals surface area contributed by atoms with Crippen LogP contribution in [-0.2, 0) is 16.1 Å². The van der Waals surface area contributed by atoms with Crippen molar-refractivity contribution in [2.75, 3.05) is 6.61 Å². The number of rotatable bonds is 10. The summed E-state index contributed by atoms with van der Waals surface area (Å²) in [4.78, 5) is 28.1. The largest absolute Gasteiger partial charge is 0.483 e. The van der Waals surface area contributed by atoms with Crippen molar-refractivity contribution in [3.8, 4) is 5.75 Å². The van der Waals surface area contributed by atoms with E-state index in [1.54, 1.807) is 18.2 Å². The van der Waals surface area contributed by atoms with Crippen LogP contribution in [0.25, 0.3) is 10.8 Å². The minimum Gasteiger partial charge on any atom is -0.483 e. The quantitative estimate of drug-likeness (QED) is 0.358. The number of fused-ring (bicyclic) bond motifs is 1. The number of hydrogen-bond acceptors (Lipinski definition) is 3. The molecule has 2 amide bonds. The zero-order valence-electron chi connectivity index (χ0n) is 19.7. The van der Waals surface area contributed by atoms with Crippen molar-refractivity contribution >= 4 is 45.8 Å². The molecule has 3 rings (SSSR count). The molecule has 0 fully saturated rings. The van der Waals surface area contributed by atoms with Crippen LogP contribution in [0.15, 0.2) is 60.7 Å². The van der Waals surface area contributed by atoms with Gasteiger partial charge in [0.05, 0.1) is 0 Å². The molecule has 0 unspecified atom stereocenters. The van der Waals surface area contributed by atoms with Crippen LogP contribution >= 0.6 is 23.2 Å². The van der Waals surface area contributed by atoms with Gasteiger partial charge in [-0.1, -0.05) is 79.5 Å². The van der Waals surface area contributed by atoms with E-state index in [0.29, 0.717) is 27.8 Å². The average molecular weight is 501 g/mol. The van der Waals surface area contributed by atoms with Crippen molar-refractivity contribution in [3.63, 3.8) is 0 Å². The van der Waals surface area contributed by atoms with Crippen molar-refractivity contribution in [3.05, 3.63) is 76.3 Å². The van der Waals surface area contributed by atoms with Crippen molar-refractivity contribution in [2.45, 2.75) is 52.2 Å². The Hall–Kier alpha value is -2.76. The van der Waals surface area contributed by atoms with Gasteiger partial charge in [-0.2, -0.15) is 0 Å². The fourth-order valence-electron chi connectivity index (χ4n) is 3.74. The predicted molar refractivity (Wildman–Crippen MR) is 138 cm³/mol. The fraction of sp³-hybridized carbons (Fsp3) is 0.333. The number of carbonyl (C=O) groups is 2. The first-order valence-electron chi connectivity index (χ1n) is 11.5. The maximum atomic E-state index is 13.4. The first-order valence-corrected chi connectivity index (χ1v) is 12.2. The number of ether oxygens (including phenoxy) is 1. The van der Waals surface area contributed by atoms with E-state index < -0.39 is 6.04 Å². The number of halogens is 2. The summed E-state index contributed by atoms with van der Waals surface area (Å²) >= 11 is 12.4. The third-order valence-corrected chi connectivity index (χ3v) is 6.43. The molecular formula is C27H30Cl2N2O3. The SMILES string of the molecule is CC[C@H](C(=O)N[C@@H](C)CC)N(Cc1ccc(Cl)cc1Cl)C(=O)COc1cccc2ccccc12. The second kappa shape index (κ2) is 12.1. The molecule has 0 saturated carbocycles. The Bertz CT molecular complexity index is 1150. The van der Waals surface area contributed by atoms with E-state index in [4.69, 9.17) is 27.9 Å². The summed E-state index contributed by atoms with van der Waals surface area (Å²) in [5.74, 6) is 0.124. The van der Waals surface area contributed by atoms with Gasteiger partial charge in [0.2, 0.25) is 5.91 Å². The number of amides is 2. The van der Waals surface area contributed by atoms with Crippen molar-refractivity contribution in [2.24, 2.45) is 0 Å². The molecule has 0 radical (unpaired) electrons. The van der Waals surface area contributed by atoms with Crippen LogP contribution in [0.2, 0.25) is 10.0 Å². The number of hydrogen-bond donors (Lipinski definition) is 1. The molecule has 0 heterocycles. The van der Waals surface area contributed by atoms with E-state index in [1.165, 1.54) is 4.90 Å². The van der Waals surface area contributed by atoms with E-state index in [2.05, 4.69) is 5.32 Å². The minimum absolute atomic E-state index is 0.00422. The van der Waals surface area contributed by atoms with Crippen LogP contribution in [0.4, 0.5) is 0 Å². The van der Waals surface area contributed by atoms with Crippen LogP contribution in [0.5, 0.6) is 5.75 Å². The van der Waals surface area contributed by atoms with E-state index >= 15 is 0 Å². The Morgan fingerprint density at radius 2 is 1.74 bits per heavy atom. The third kappa shape index (κ3) is 6.43. The number of nitrogens with one attached hydrogen (secondary N) is 1. The molecule has 5 nitrogen and oxygen atoms in total. The summed E-state index contributed by atoms with van der Waals surface area (Å²) in [6, 6.07) is 18.0. The molecule has 3 aromatic rings. The lowest BCUT2D eigenvalue weighted by atomic mass is 10.1. The monoisotopic (exact) mass is 500 g/mol. The highest BCUT2D eigenvalue weighted by molar-refractivity contribution is 6.35. The third-order valence-electron chi connectivity index (χ3n) is 5.84. The topological polar surface area (TPSA) is 58.6 Å². The lowest BCUT2D eigenvalue weighted by molar-refractivity contribution is -0.143. The summed E-state index contributed by atoms with van der Waals surface area (Å²) < 4.78 is 5.95. The Labute approximate surface area is 211 Å². The molecule has 0 saturated heterocycles. The molecule has 0 bridgehead atoms. The Morgan fingerprint density at radius 1 is 1.00 bits per heavy atom. The van der Waals surface area contributed by atoms with Gasteiger partial charge < -0.3 is 15.0 Å². The molecule has 1 N–H and O–H groups in total. The first-order chi connectivity index (χ1) is 16.3. The van der Waals surface area contributed by atoms with E-state index in [-0.39, 0.29) is 31.0 Å². The predicted octanol–water partition coefficient (Wildman–Crippen LogP) is 6.25. The molecule has 0 aliphatic heterocycles. The molecular weight excluding hydrogens is 471 g/mol.